The van der Waals surface area contributed by atoms with Crippen LogP contribution in [0.5, 0.6) is 5.75 Å². The summed E-state index contributed by atoms with van der Waals surface area (Å²) < 4.78 is 11.3. The Hall–Kier alpha value is -2.87. The van der Waals surface area contributed by atoms with Gasteiger partial charge < -0.3 is 19.3 Å². The fraction of sp³-hybridized carbons (Fsp3) is 0.452. The molecular weight excluding hydrogens is 492 g/mol. The molecule has 2 N–H and O–H groups in total. The largest absolute Gasteiger partial charge is 0.508 e. The van der Waals surface area contributed by atoms with E-state index in [9.17, 15) is 9.90 Å². The summed E-state index contributed by atoms with van der Waals surface area (Å²) in [6, 6.07) is 12.3. The molecule has 7 heteroatoms. The molecule has 0 amide bonds. The third kappa shape index (κ3) is 6.39. The number of phenols is 1. The zero-order valence-corrected chi connectivity index (χ0v) is 24.6. The van der Waals surface area contributed by atoms with Crippen molar-refractivity contribution < 1.29 is 19.1 Å². The lowest BCUT2D eigenvalue weighted by molar-refractivity contribution is -0.134. The van der Waals surface area contributed by atoms with Gasteiger partial charge in [-0.05, 0) is 83.9 Å². The van der Waals surface area contributed by atoms with Gasteiger partial charge in [0.1, 0.15) is 5.75 Å². The van der Waals surface area contributed by atoms with E-state index in [4.69, 9.17) is 9.16 Å². The second-order valence-electron chi connectivity index (χ2n) is 11.8. The van der Waals surface area contributed by atoms with Crippen LogP contribution in [0.3, 0.4) is 0 Å². The highest BCUT2D eigenvalue weighted by molar-refractivity contribution is 6.74. The number of carbonyl (C=O) groups excluding carboxylic acids is 1. The van der Waals surface area contributed by atoms with Crippen LogP contribution in [0.2, 0.25) is 18.1 Å². The molecule has 38 heavy (non-hydrogen) atoms. The Bertz CT molecular complexity index is 1300. The third-order valence-corrected chi connectivity index (χ3v) is 12.9. The Kier molecular flexibility index (Phi) is 8.50. The Morgan fingerprint density at radius 3 is 2.71 bits per heavy atom. The van der Waals surface area contributed by atoms with Crippen molar-refractivity contribution in [2.75, 3.05) is 26.8 Å². The molecule has 0 spiro atoms. The van der Waals surface area contributed by atoms with Crippen molar-refractivity contribution in [3.8, 4) is 5.75 Å². The lowest BCUT2D eigenvalue weighted by Crippen LogP contribution is -2.43. The number of aromatic nitrogens is 1. The molecule has 1 atom stereocenters. The second kappa shape index (κ2) is 11.5. The third-order valence-electron chi connectivity index (χ3n) is 8.33. The molecule has 1 aliphatic rings. The van der Waals surface area contributed by atoms with Crippen LogP contribution in [0, 0.1) is 0 Å². The van der Waals surface area contributed by atoms with Gasteiger partial charge in [0.05, 0.1) is 7.11 Å². The van der Waals surface area contributed by atoms with Gasteiger partial charge in [0.25, 0.3) is 0 Å². The number of aromatic hydroxyl groups is 1. The molecular formula is C31H42N2O4Si. The number of carbonyl (C=O) groups is 1. The van der Waals surface area contributed by atoms with Crippen molar-refractivity contribution in [3.63, 3.8) is 0 Å². The number of nitrogens with zero attached hydrogens (tertiary/aromatic N) is 1. The SMILES string of the molecule is COC(=O)/C=C/c1ccc2c(c1)CCC2N(CCO[Si](C)(C)C(C)(C)C)CCc1c[nH]c2ccc(O)cc12. The number of ether oxygens (including phenoxy) is 1. The number of fused-ring (bicyclic) bond motifs is 2. The van der Waals surface area contributed by atoms with Gasteiger partial charge in [-0.15, -0.1) is 0 Å². The van der Waals surface area contributed by atoms with E-state index in [0.29, 0.717) is 11.8 Å². The Labute approximate surface area is 227 Å². The highest BCUT2D eigenvalue weighted by Crippen LogP contribution is 2.38. The number of aromatic amines is 1. The summed E-state index contributed by atoms with van der Waals surface area (Å²) in [4.78, 5) is 17.4. The molecule has 204 valence electrons. The van der Waals surface area contributed by atoms with Crippen molar-refractivity contribution in [1.29, 1.82) is 0 Å². The molecule has 1 aromatic heterocycles. The molecule has 0 saturated heterocycles. The Morgan fingerprint density at radius 1 is 1.18 bits per heavy atom. The van der Waals surface area contributed by atoms with Crippen LogP contribution in [0.15, 0.2) is 48.7 Å². The van der Waals surface area contributed by atoms with Gasteiger partial charge in [-0.25, -0.2) is 4.79 Å². The number of methoxy groups -OCH3 is 1. The van der Waals surface area contributed by atoms with Crippen LogP contribution in [0.25, 0.3) is 17.0 Å². The number of hydrogen-bond acceptors (Lipinski definition) is 5. The Morgan fingerprint density at radius 2 is 1.97 bits per heavy atom. The molecule has 0 bridgehead atoms. The van der Waals surface area contributed by atoms with Gasteiger partial charge in [-0.3, -0.25) is 4.90 Å². The summed E-state index contributed by atoms with van der Waals surface area (Å²) in [6.07, 6.45) is 8.31. The number of hydrogen-bond donors (Lipinski definition) is 2. The highest BCUT2D eigenvalue weighted by atomic mass is 28.4. The molecule has 6 nitrogen and oxygen atoms in total. The zero-order valence-electron chi connectivity index (χ0n) is 23.6. The minimum atomic E-state index is -1.84. The molecule has 1 aliphatic carbocycles. The normalized spacial score (nSPS) is 16.0. The lowest BCUT2D eigenvalue weighted by atomic mass is 10.0. The first-order valence-corrected chi connectivity index (χ1v) is 16.4. The fourth-order valence-corrected chi connectivity index (χ4v) is 6.06. The molecule has 4 rings (SSSR count). The zero-order chi connectivity index (χ0) is 27.5. The lowest BCUT2D eigenvalue weighted by Gasteiger charge is -2.37. The van der Waals surface area contributed by atoms with E-state index in [1.807, 2.05) is 18.2 Å². The first-order chi connectivity index (χ1) is 18.0. The second-order valence-corrected chi connectivity index (χ2v) is 16.6. The first-order valence-electron chi connectivity index (χ1n) is 13.5. The van der Waals surface area contributed by atoms with E-state index in [1.54, 1.807) is 6.07 Å². The fourth-order valence-electron chi connectivity index (χ4n) is 5.03. The van der Waals surface area contributed by atoms with Gasteiger partial charge in [0.2, 0.25) is 0 Å². The summed E-state index contributed by atoms with van der Waals surface area (Å²) in [5.74, 6) is -0.0540. The van der Waals surface area contributed by atoms with Crippen LogP contribution >= 0.6 is 0 Å². The molecule has 2 aromatic carbocycles. The van der Waals surface area contributed by atoms with Crippen LogP contribution in [-0.2, 0) is 26.8 Å². The van der Waals surface area contributed by atoms with E-state index in [1.165, 1.54) is 29.9 Å². The number of phenolic OH excluding ortho intramolecular Hbond substituents is 1. The molecule has 3 aromatic rings. The molecule has 0 fully saturated rings. The van der Waals surface area contributed by atoms with Gasteiger partial charge in [-0.2, -0.15) is 0 Å². The summed E-state index contributed by atoms with van der Waals surface area (Å²) in [6.45, 7) is 13.9. The summed E-state index contributed by atoms with van der Waals surface area (Å²) in [5, 5.41) is 11.3. The quantitative estimate of drug-likeness (QED) is 0.174. The molecule has 0 saturated carbocycles. The maximum absolute atomic E-state index is 11.5. The van der Waals surface area contributed by atoms with E-state index < -0.39 is 8.32 Å². The number of benzene rings is 2. The predicted molar refractivity (Wildman–Crippen MR) is 157 cm³/mol. The van der Waals surface area contributed by atoms with Crippen LogP contribution in [0.1, 0.15) is 55.5 Å². The summed E-state index contributed by atoms with van der Waals surface area (Å²) in [7, 11) is -0.444. The maximum Gasteiger partial charge on any atom is 0.330 e. The summed E-state index contributed by atoms with van der Waals surface area (Å²) in [5.41, 5.74) is 5.98. The van der Waals surface area contributed by atoms with E-state index in [-0.39, 0.29) is 11.0 Å². The van der Waals surface area contributed by atoms with Crippen molar-refractivity contribution in [3.05, 3.63) is 70.9 Å². The topological polar surface area (TPSA) is 74.8 Å². The van der Waals surface area contributed by atoms with Crippen LogP contribution in [0.4, 0.5) is 0 Å². The van der Waals surface area contributed by atoms with E-state index >= 15 is 0 Å². The van der Waals surface area contributed by atoms with E-state index in [0.717, 1.165) is 55.4 Å². The number of aryl methyl sites for hydroxylation is 1. The minimum Gasteiger partial charge on any atom is -0.508 e. The van der Waals surface area contributed by atoms with Crippen molar-refractivity contribution in [1.82, 2.24) is 9.88 Å². The molecule has 1 heterocycles. The van der Waals surface area contributed by atoms with Gasteiger partial charge in [-0.1, -0.05) is 39.0 Å². The molecule has 0 aliphatic heterocycles. The number of esters is 1. The highest BCUT2D eigenvalue weighted by Gasteiger charge is 2.37. The number of rotatable bonds is 10. The average molecular weight is 535 g/mol. The number of H-pyrrole nitrogens is 1. The maximum atomic E-state index is 11.5. The Balaban J connectivity index is 1.53. The first kappa shape index (κ1) is 28.1. The van der Waals surface area contributed by atoms with Crippen molar-refractivity contribution in [2.45, 2.75) is 64.2 Å². The van der Waals surface area contributed by atoms with E-state index in [2.05, 4.69) is 68.1 Å². The van der Waals surface area contributed by atoms with Crippen LogP contribution in [-0.4, -0.2) is 56.1 Å². The average Bonchev–Trinajstić information content (AvgIpc) is 3.47. The molecule has 0 radical (unpaired) electrons. The number of nitrogens with one attached hydrogen (secondary N) is 1. The van der Waals surface area contributed by atoms with Crippen LogP contribution < -0.4 is 0 Å². The summed E-state index contributed by atoms with van der Waals surface area (Å²) >= 11 is 0. The smallest absolute Gasteiger partial charge is 0.330 e. The standard InChI is InChI=1S/C31H42N2O4Si/c1-31(2,3)38(5,6)37-18-17-33(16-15-24-21-32-28-12-10-25(34)20-27(24)28)29-13-9-23-19-22(7-11-26(23)29)8-14-30(35)36-4/h7-8,10-12,14,19-21,29,32,34H,9,13,15-18H2,1-6H3/b14-8+. The predicted octanol–water partition coefficient (Wildman–Crippen LogP) is 6.61. The minimum absolute atomic E-state index is 0.179. The monoisotopic (exact) mass is 534 g/mol. The van der Waals surface area contributed by atoms with Gasteiger partial charge in [0.15, 0.2) is 8.32 Å². The van der Waals surface area contributed by atoms with Crippen molar-refractivity contribution in [2.24, 2.45) is 0 Å². The molecule has 1 unspecified atom stereocenters. The van der Waals surface area contributed by atoms with Crippen molar-refractivity contribution >= 4 is 31.3 Å². The van der Waals surface area contributed by atoms with Gasteiger partial charge in [0, 0.05) is 48.9 Å². The van der Waals surface area contributed by atoms with Gasteiger partial charge >= 0.3 is 5.97 Å².